The lowest BCUT2D eigenvalue weighted by atomic mass is 10.2. The number of benzene rings is 1. The molecule has 0 radical (unpaired) electrons. The van der Waals surface area contributed by atoms with Crippen LogP contribution < -0.4 is 10.2 Å². The number of hydrogen-bond acceptors (Lipinski definition) is 7. The van der Waals surface area contributed by atoms with E-state index in [-0.39, 0.29) is 5.91 Å². The van der Waals surface area contributed by atoms with Gasteiger partial charge in [-0.25, -0.2) is 4.98 Å². The second-order valence-corrected chi connectivity index (χ2v) is 7.12. The maximum atomic E-state index is 12.7. The number of rotatable bonds is 4. The molecule has 1 saturated heterocycles. The van der Waals surface area contributed by atoms with Gasteiger partial charge in [0.15, 0.2) is 0 Å². The second kappa shape index (κ2) is 7.81. The van der Waals surface area contributed by atoms with E-state index in [2.05, 4.69) is 25.2 Å². The van der Waals surface area contributed by atoms with Crippen molar-refractivity contribution in [1.82, 2.24) is 15.0 Å². The minimum atomic E-state index is -0.167. The summed E-state index contributed by atoms with van der Waals surface area (Å²) in [5.74, 6) is -0.167. The third kappa shape index (κ3) is 3.96. The number of nitrogens with zero attached hydrogens (tertiary/aromatic N) is 4. The Morgan fingerprint density at radius 3 is 2.67 bits per heavy atom. The van der Waals surface area contributed by atoms with Crippen LogP contribution in [0.4, 0.5) is 11.4 Å². The molecule has 138 valence electrons. The molecule has 0 unspecified atom stereocenters. The topological polar surface area (TPSA) is 80.2 Å². The van der Waals surface area contributed by atoms with Crippen LogP contribution in [0.15, 0.2) is 42.9 Å². The van der Waals surface area contributed by atoms with Crippen LogP contribution in [0.5, 0.6) is 0 Å². The summed E-state index contributed by atoms with van der Waals surface area (Å²) in [6, 6.07) is 7.88. The lowest BCUT2D eigenvalue weighted by molar-refractivity contribution is 0.103. The Morgan fingerprint density at radius 2 is 1.96 bits per heavy atom. The highest BCUT2D eigenvalue weighted by atomic mass is 32.1. The van der Waals surface area contributed by atoms with E-state index in [4.69, 9.17) is 4.74 Å². The van der Waals surface area contributed by atoms with Crippen LogP contribution >= 0.6 is 11.3 Å². The predicted molar refractivity (Wildman–Crippen MR) is 105 cm³/mol. The number of hydrogen-bond donors (Lipinski definition) is 1. The average Bonchev–Trinajstić information content (AvgIpc) is 3.12. The van der Waals surface area contributed by atoms with Gasteiger partial charge in [-0.3, -0.25) is 14.8 Å². The predicted octanol–water partition coefficient (Wildman–Crippen LogP) is 3.00. The van der Waals surface area contributed by atoms with Crippen molar-refractivity contribution >= 4 is 28.6 Å². The van der Waals surface area contributed by atoms with Gasteiger partial charge in [0.05, 0.1) is 25.1 Å². The fraction of sp³-hybridized carbons (Fsp3) is 0.263. The van der Waals surface area contributed by atoms with Crippen molar-refractivity contribution in [3.63, 3.8) is 0 Å². The number of nitrogens with one attached hydrogen (secondary N) is 1. The summed E-state index contributed by atoms with van der Waals surface area (Å²) in [5.41, 5.74) is 3.24. The third-order valence-corrected chi connectivity index (χ3v) is 5.47. The van der Waals surface area contributed by atoms with E-state index in [0.29, 0.717) is 21.3 Å². The fourth-order valence-electron chi connectivity index (χ4n) is 2.89. The summed E-state index contributed by atoms with van der Waals surface area (Å²) in [6.45, 7) is 5.09. The molecule has 1 aromatic carbocycles. The lowest BCUT2D eigenvalue weighted by Crippen LogP contribution is -2.36. The second-order valence-electron chi connectivity index (χ2n) is 6.12. The van der Waals surface area contributed by atoms with Crippen LogP contribution in [-0.4, -0.2) is 47.2 Å². The standard InChI is InChI=1S/C19H19N5O2S/c1-13-17(27-19(22-13)16-12-20-6-7-21-16)18(25)23-14-2-4-15(5-3-14)24-8-10-26-11-9-24/h2-7,12H,8-11H2,1H3,(H,23,25). The first-order chi connectivity index (χ1) is 13.2. The van der Waals surface area contributed by atoms with Gasteiger partial charge >= 0.3 is 0 Å². The van der Waals surface area contributed by atoms with Gasteiger partial charge in [-0.15, -0.1) is 11.3 Å². The minimum Gasteiger partial charge on any atom is -0.378 e. The van der Waals surface area contributed by atoms with Crippen molar-refractivity contribution in [3.8, 4) is 10.7 Å². The molecule has 0 atom stereocenters. The summed E-state index contributed by atoms with van der Waals surface area (Å²) in [4.78, 5) is 28.3. The molecule has 2 aromatic heterocycles. The van der Waals surface area contributed by atoms with Gasteiger partial charge < -0.3 is 15.0 Å². The summed E-state index contributed by atoms with van der Waals surface area (Å²) in [6.07, 6.45) is 4.87. The van der Waals surface area contributed by atoms with Crippen LogP contribution in [-0.2, 0) is 4.74 Å². The van der Waals surface area contributed by atoms with E-state index in [1.54, 1.807) is 18.6 Å². The number of aromatic nitrogens is 3. The van der Waals surface area contributed by atoms with Gasteiger partial charge in [0, 0.05) is 36.9 Å². The Bertz CT molecular complexity index is 921. The normalized spacial score (nSPS) is 14.2. The molecule has 7 nitrogen and oxygen atoms in total. The SMILES string of the molecule is Cc1nc(-c2cnccn2)sc1C(=O)Nc1ccc(N2CCOCC2)cc1. The number of ether oxygens (including phenoxy) is 1. The number of carbonyl (C=O) groups excluding carboxylic acids is 1. The maximum absolute atomic E-state index is 12.7. The average molecular weight is 381 g/mol. The molecular weight excluding hydrogens is 362 g/mol. The van der Waals surface area contributed by atoms with Crippen molar-refractivity contribution in [2.24, 2.45) is 0 Å². The maximum Gasteiger partial charge on any atom is 0.267 e. The molecule has 27 heavy (non-hydrogen) atoms. The molecule has 1 amide bonds. The molecule has 0 bridgehead atoms. The molecule has 1 N–H and O–H groups in total. The van der Waals surface area contributed by atoms with Gasteiger partial charge in [-0.05, 0) is 31.2 Å². The van der Waals surface area contributed by atoms with Gasteiger partial charge in [0.25, 0.3) is 5.91 Å². The number of morpholine rings is 1. The first-order valence-electron chi connectivity index (χ1n) is 8.68. The Labute approximate surface area is 161 Å². The summed E-state index contributed by atoms with van der Waals surface area (Å²) >= 11 is 1.32. The van der Waals surface area contributed by atoms with Gasteiger partial charge in [-0.1, -0.05) is 0 Å². The van der Waals surface area contributed by atoms with Crippen LogP contribution in [0.2, 0.25) is 0 Å². The third-order valence-electron chi connectivity index (χ3n) is 4.29. The van der Waals surface area contributed by atoms with E-state index in [9.17, 15) is 4.79 Å². The molecule has 0 saturated carbocycles. The minimum absolute atomic E-state index is 0.167. The highest BCUT2D eigenvalue weighted by Crippen LogP contribution is 2.27. The van der Waals surface area contributed by atoms with Crippen molar-refractivity contribution in [3.05, 3.63) is 53.4 Å². The van der Waals surface area contributed by atoms with Crippen molar-refractivity contribution < 1.29 is 9.53 Å². The smallest absolute Gasteiger partial charge is 0.267 e. The highest BCUT2D eigenvalue weighted by molar-refractivity contribution is 7.17. The van der Waals surface area contributed by atoms with Crippen LogP contribution in [0.3, 0.4) is 0 Å². The molecule has 8 heteroatoms. The van der Waals surface area contributed by atoms with E-state index >= 15 is 0 Å². The Balaban J connectivity index is 1.47. The molecule has 1 aliphatic rings. The van der Waals surface area contributed by atoms with Gasteiger partial charge in [-0.2, -0.15) is 0 Å². The monoisotopic (exact) mass is 381 g/mol. The van der Waals surface area contributed by atoms with Crippen molar-refractivity contribution in [1.29, 1.82) is 0 Å². The van der Waals surface area contributed by atoms with Gasteiger partial charge in [0.2, 0.25) is 0 Å². The summed E-state index contributed by atoms with van der Waals surface area (Å²) < 4.78 is 5.38. The molecule has 4 rings (SSSR count). The number of anilines is 2. The van der Waals surface area contributed by atoms with Crippen molar-refractivity contribution in [2.45, 2.75) is 6.92 Å². The number of thiazole rings is 1. The fourth-order valence-corrected chi connectivity index (χ4v) is 3.81. The highest BCUT2D eigenvalue weighted by Gasteiger charge is 2.17. The van der Waals surface area contributed by atoms with E-state index in [0.717, 1.165) is 37.7 Å². The molecular formula is C19H19N5O2S. The lowest BCUT2D eigenvalue weighted by Gasteiger charge is -2.28. The first kappa shape index (κ1) is 17.6. The molecule has 0 spiro atoms. The largest absolute Gasteiger partial charge is 0.378 e. The van der Waals surface area contributed by atoms with Crippen LogP contribution in [0.25, 0.3) is 10.7 Å². The summed E-state index contributed by atoms with van der Waals surface area (Å²) in [5, 5.41) is 3.63. The summed E-state index contributed by atoms with van der Waals surface area (Å²) in [7, 11) is 0. The molecule has 0 aliphatic carbocycles. The van der Waals surface area contributed by atoms with E-state index in [1.165, 1.54) is 11.3 Å². The number of carbonyl (C=O) groups is 1. The van der Waals surface area contributed by atoms with Crippen LogP contribution in [0.1, 0.15) is 15.4 Å². The Hall–Kier alpha value is -2.84. The molecule has 3 aromatic rings. The Morgan fingerprint density at radius 1 is 1.19 bits per heavy atom. The number of amides is 1. The van der Waals surface area contributed by atoms with E-state index < -0.39 is 0 Å². The molecule has 3 heterocycles. The van der Waals surface area contributed by atoms with E-state index in [1.807, 2.05) is 31.2 Å². The zero-order chi connectivity index (χ0) is 18.6. The number of aryl methyl sites for hydroxylation is 1. The molecule has 1 fully saturated rings. The van der Waals surface area contributed by atoms with Crippen LogP contribution in [0, 0.1) is 6.92 Å². The quantitative estimate of drug-likeness (QED) is 0.748. The zero-order valence-electron chi connectivity index (χ0n) is 14.9. The molecule has 1 aliphatic heterocycles. The zero-order valence-corrected chi connectivity index (χ0v) is 15.7. The Kier molecular flexibility index (Phi) is 5.08. The van der Waals surface area contributed by atoms with Gasteiger partial charge in [0.1, 0.15) is 15.6 Å². The van der Waals surface area contributed by atoms with Crippen molar-refractivity contribution in [2.75, 3.05) is 36.5 Å². The first-order valence-corrected chi connectivity index (χ1v) is 9.50.